The summed E-state index contributed by atoms with van der Waals surface area (Å²) in [7, 11) is 0. The molecule has 2 N–H and O–H groups in total. The van der Waals surface area contributed by atoms with Gasteiger partial charge in [0, 0.05) is 11.9 Å². The van der Waals surface area contributed by atoms with Crippen LogP contribution in [-0.2, 0) is 6.54 Å². The minimum absolute atomic E-state index is 0.506. The molecular formula is C18H16ClNO. The Labute approximate surface area is 129 Å². The van der Waals surface area contributed by atoms with Crippen LogP contribution in [0.2, 0.25) is 5.02 Å². The van der Waals surface area contributed by atoms with Gasteiger partial charge in [-0.25, -0.2) is 0 Å². The molecule has 106 valence electrons. The zero-order valence-corrected chi connectivity index (χ0v) is 12.5. The first kappa shape index (κ1) is 13.9. The summed E-state index contributed by atoms with van der Waals surface area (Å²) < 4.78 is 6.03. The van der Waals surface area contributed by atoms with Gasteiger partial charge in [0.1, 0.15) is 11.5 Å². The summed E-state index contributed by atoms with van der Waals surface area (Å²) in [6.07, 6.45) is 0. The fourth-order valence-corrected chi connectivity index (χ4v) is 2.56. The Kier molecular flexibility index (Phi) is 3.82. The minimum Gasteiger partial charge on any atom is -0.455 e. The summed E-state index contributed by atoms with van der Waals surface area (Å²) in [5, 5.41) is 2.76. The highest BCUT2D eigenvalue weighted by molar-refractivity contribution is 6.32. The number of aryl methyl sites for hydroxylation is 1. The van der Waals surface area contributed by atoms with Gasteiger partial charge in [-0.2, -0.15) is 0 Å². The van der Waals surface area contributed by atoms with E-state index >= 15 is 0 Å². The highest BCUT2D eigenvalue weighted by Crippen LogP contribution is 2.35. The molecule has 0 bridgehead atoms. The molecule has 0 spiro atoms. The van der Waals surface area contributed by atoms with Gasteiger partial charge in [0.15, 0.2) is 0 Å². The van der Waals surface area contributed by atoms with Crippen molar-refractivity contribution in [1.82, 2.24) is 0 Å². The number of rotatable bonds is 3. The van der Waals surface area contributed by atoms with Gasteiger partial charge in [0.2, 0.25) is 0 Å². The van der Waals surface area contributed by atoms with E-state index in [1.807, 2.05) is 55.5 Å². The van der Waals surface area contributed by atoms with Crippen molar-refractivity contribution < 1.29 is 4.74 Å². The van der Waals surface area contributed by atoms with Crippen LogP contribution in [-0.4, -0.2) is 0 Å². The number of nitrogens with two attached hydrogens (primary N) is 1. The SMILES string of the molecule is Cc1ccc(Cl)c(Oc2ccc(CN)c3ccccc23)c1. The summed E-state index contributed by atoms with van der Waals surface area (Å²) in [6, 6.07) is 17.8. The van der Waals surface area contributed by atoms with Crippen molar-refractivity contribution in [1.29, 1.82) is 0 Å². The molecule has 0 radical (unpaired) electrons. The van der Waals surface area contributed by atoms with E-state index in [-0.39, 0.29) is 0 Å². The van der Waals surface area contributed by atoms with E-state index in [2.05, 4.69) is 6.07 Å². The third kappa shape index (κ3) is 2.73. The second kappa shape index (κ2) is 5.76. The zero-order valence-electron chi connectivity index (χ0n) is 11.8. The molecule has 2 nitrogen and oxygen atoms in total. The van der Waals surface area contributed by atoms with E-state index in [4.69, 9.17) is 22.1 Å². The lowest BCUT2D eigenvalue weighted by molar-refractivity contribution is 0.488. The van der Waals surface area contributed by atoms with Gasteiger partial charge >= 0.3 is 0 Å². The Bertz CT molecular complexity index is 798. The molecule has 0 atom stereocenters. The average Bonchev–Trinajstić information content (AvgIpc) is 2.51. The molecule has 21 heavy (non-hydrogen) atoms. The standard InChI is InChI=1S/C18H16ClNO/c1-12-6-8-16(19)18(10-12)21-17-9-7-13(11-20)14-4-2-3-5-15(14)17/h2-10H,11,20H2,1H3. The van der Waals surface area contributed by atoms with E-state index in [1.165, 1.54) is 0 Å². The Balaban J connectivity index is 2.11. The number of hydrogen-bond donors (Lipinski definition) is 1. The number of benzene rings is 3. The third-order valence-corrected chi connectivity index (χ3v) is 3.81. The van der Waals surface area contributed by atoms with Crippen molar-refractivity contribution in [2.45, 2.75) is 13.5 Å². The molecule has 0 unspecified atom stereocenters. The van der Waals surface area contributed by atoms with Crippen molar-refractivity contribution in [3.8, 4) is 11.5 Å². The van der Waals surface area contributed by atoms with Crippen LogP contribution < -0.4 is 10.5 Å². The summed E-state index contributed by atoms with van der Waals surface area (Å²) in [6.45, 7) is 2.52. The van der Waals surface area contributed by atoms with Gasteiger partial charge in [-0.05, 0) is 41.6 Å². The van der Waals surface area contributed by atoms with E-state index in [0.717, 1.165) is 27.6 Å². The lowest BCUT2D eigenvalue weighted by Gasteiger charge is -2.13. The van der Waals surface area contributed by atoms with Crippen molar-refractivity contribution in [2.75, 3.05) is 0 Å². The van der Waals surface area contributed by atoms with Gasteiger partial charge in [-0.15, -0.1) is 0 Å². The van der Waals surface area contributed by atoms with Crippen LogP contribution in [0.5, 0.6) is 11.5 Å². The fourth-order valence-electron chi connectivity index (χ4n) is 2.41. The van der Waals surface area contributed by atoms with Crippen LogP contribution in [0.15, 0.2) is 54.6 Å². The first-order chi connectivity index (χ1) is 10.2. The molecule has 0 amide bonds. The fraction of sp³-hybridized carbons (Fsp3) is 0.111. The maximum absolute atomic E-state index is 6.21. The van der Waals surface area contributed by atoms with Crippen molar-refractivity contribution in [3.05, 3.63) is 70.7 Å². The van der Waals surface area contributed by atoms with Crippen molar-refractivity contribution in [3.63, 3.8) is 0 Å². The van der Waals surface area contributed by atoms with Crippen LogP contribution in [0.1, 0.15) is 11.1 Å². The number of hydrogen-bond acceptors (Lipinski definition) is 2. The molecule has 0 saturated heterocycles. The predicted octanol–water partition coefficient (Wildman–Crippen LogP) is 5.05. The molecule has 3 aromatic carbocycles. The molecule has 3 heteroatoms. The second-order valence-corrected chi connectivity index (χ2v) is 5.42. The molecule has 0 heterocycles. The lowest BCUT2D eigenvalue weighted by Crippen LogP contribution is -1.98. The van der Waals surface area contributed by atoms with Crippen LogP contribution in [0.3, 0.4) is 0 Å². The van der Waals surface area contributed by atoms with E-state index < -0.39 is 0 Å². The predicted molar refractivity (Wildman–Crippen MR) is 88.1 cm³/mol. The van der Waals surface area contributed by atoms with Crippen molar-refractivity contribution >= 4 is 22.4 Å². The van der Waals surface area contributed by atoms with Crippen LogP contribution in [0.4, 0.5) is 0 Å². The van der Waals surface area contributed by atoms with Gasteiger partial charge in [0.05, 0.1) is 5.02 Å². The normalized spacial score (nSPS) is 10.8. The topological polar surface area (TPSA) is 35.2 Å². The molecule has 0 aromatic heterocycles. The van der Waals surface area contributed by atoms with Gasteiger partial charge in [-0.3, -0.25) is 0 Å². The molecule has 0 aliphatic carbocycles. The van der Waals surface area contributed by atoms with E-state index in [1.54, 1.807) is 0 Å². The van der Waals surface area contributed by atoms with Gasteiger partial charge in [-0.1, -0.05) is 48.0 Å². The Morgan fingerprint density at radius 3 is 2.48 bits per heavy atom. The van der Waals surface area contributed by atoms with Crippen LogP contribution in [0.25, 0.3) is 10.8 Å². The van der Waals surface area contributed by atoms with Crippen LogP contribution in [0, 0.1) is 6.92 Å². The van der Waals surface area contributed by atoms with E-state index in [9.17, 15) is 0 Å². The van der Waals surface area contributed by atoms with Crippen molar-refractivity contribution in [2.24, 2.45) is 5.73 Å². The summed E-state index contributed by atoms with van der Waals surface area (Å²) in [5.41, 5.74) is 8.01. The Morgan fingerprint density at radius 1 is 0.952 bits per heavy atom. The number of ether oxygens (including phenoxy) is 1. The number of fused-ring (bicyclic) bond motifs is 1. The van der Waals surface area contributed by atoms with Gasteiger partial charge in [0.25, 0.3) is 0 Å². The molecular weight excluding hydrogens is 282 g/mol. The molecule has 0 saturated carbocycles. The van der Waals surface area contributed by atoms with Gasteiger partial charge < -0.3 is 10.5 Å². The Morgan fingerprint density at radius 2 is 1.71 bits per heavy atom. The number of halogens is 1. The molecule has 3 aromatic rings. The smallest absolute Gasteiger partial charge is 0.146 e. The summed E-state index contributed by atoms with van der Waals surface area (Å²) in [5.74, 6) is 1.46. The van der Waals surface area contributed by atoms with E-state index in [0.29, 0.717) is 17.3 Å². The van der Waals surface area contributed by atoms with Crippen LogP contribution >= 0.6 is 11.6 Å². The first-order valence-corrected chi connectivity index (χ1v) is 7.21. The highest BCUT2D eigenvalue weighted by atomic mass is 35.5. The maximum atomic E-state index is 6.21. The highest BCUT2D eigenvalue weighted by Gasteiger charge is 2.09. The molecule has 3 rings (SSSR count). The average molecular weight is 298 g/mol. The summed E-state index contributed by atoms with van der Waals surface area (Å²) in [4.78, 5) is 0. The maximum Gasteiger partial charge on any atom is 0.146 e. The second-order valence-electron chi connectivity index (χ2n) is 5.01. The lowest BCUT2D eigenvalue weighted by atomic mass is 10.0. The molecule has 0 fully saturated rings. The Hall–Kier alpha value is -2.03. The quantitative estimate of drug-likeness (QED) is 0.734. The summed E-state index contributed by atoms with van der Waals surface area (Å²) >= 11 is 6.21. The molecule has 0 aliphatic rings. The largest absolute Gasteiger partial charge is 0.455 e. The molecule has 0 aliphatic heterocycles. The monoisotopic (exact) mass is 297 g/mol. The zero-order chi connectivity index (χ0) is 14.8. The first-order valence-electron chi connectivity index (χ1n) is 6.84. The third-order valence-electron chi connectivity index (χ3n) is 3.50. The minimum atomic E-state index is 0.506.